The number of methoxy groups -OCH3 is 3. The summed E-state index contributed by atoms with van der Waals surface area (Å²) in [6, 6.07) is 15.7. The van der Waals surface area contributed by atoms with E-state index in [1.807, 2.05) is 17.0 Å². The molecule has 1 aliphatic rings. The van der Waals surface area contributed by atoms with Crippen LogP contribution in [0.3, 0.4) is 0 Å². The van der Waals surface area contributed by atoms with Crippen LogP contribution >= 0.6 is 12.2 Å². The van der Waals surface area contributed by atoms with Crippen molar-refractivity contribution in [2.45, 2.75) is 18.6 Å². The minimum Gasteiger partial charge on any atom is -0.497 e. The highest BCUT2D eigenvalue weighted by molar-refractivity contribution is 7.80. The summed E-state index contributed by atoms with van der Waals surface area (Å²) < 4.78 is 62.0. The fourth-order valence-electron chi connectivity index (χ4n) is 4.27. The largest absolute Gasteiger partial charge is 0.497 e. The number of ether oxygens (including phenoxy) is 4. The van der Waals surface area contributed by atoms with Crippen LogP contribution in [-0.2, 0) is 12.6 Å². The van der Waals surface area contributed by atoms with Gasteiger partial charge in [0.05, 0.1) is 32.9 Å². The predicted molar refractivity (Wildman–Crippen MR) is 139 cm³/mol. The number of fused-ring (bicyclic) bond motifs is 1. The Labute approximate surface area is 218 Å². The number of nitrogens with one attached hydrogen (secondary N) is 1. The molecule has 1 N–H and O–H groups in total. The molecule has 0 spiro atoms. The maximum absolute atomic E-state index is 13.2. The van der Waals surface area contributed by atoms with E-state index in [2.05, 4.69) is 5.32 Å². The van der Waals surface area contributed by atoms with Gasteiger partial charge in [0.1, 0.15) is 18.1 Å². The number of anilines is 1. The van der Waals surface area contributed by atoms with Crippen molar-refractivity contribution in [2.24, 2.45) is 0 Å². The van der Waals surface area contributed by atoms with E-state index < -0.39 is 11.7 Å². The molecule has 37 heavy (non-hydrogen) atoms. The van der Waals surface area contributed by atoms with Gasteiger partial charge in [0.25, 0.3) is 0 Å². The monoisotopic (exact) mass is 532 g/mol. The van der Waals surface area contributed by atoms with Crippen LogP contribution < -0.4 is 24.3 Å². The summed E-state index contributed by atoms with van der Waals surface area (Å²) >= 11 is 5.68. The zero-order valence-corrected chi connectivity index (χ0v) is 21.4. The number of hydrogen-bond donors (Lipinski definition) is 1. The molecule has 3 aromatic carbocycles. The lowest BCUT2D eigenvalue weighted by Crippen LogP contribution is -2.44. The molecule has 0 radical (unpaired) electrons. The van der Waals surface area contributed by atoms with E-state index in [9.17, 15) is 13.2 Å². The van der Waals surface area contributed by atoms with Gasteiger partial charge in [-0.2, -0.15) is 13.2 Å². The molecule has 4 rings (SSSR count). The van der Waals surface area contributed by atoms with E-state index in [0.717, 1.165) is 23.3 Å². The number of thiocarbonyl (C=S) groups is 1. The minimum absolute atomic E-state index is 0.235. The zero-order valence-electron chi connectivity index (χ0n) is 20.6. The quantitative estimate of drug-likeness (QED) is 0.369. The third-order valence-corrected chi connectivity index (χ3v) is 6.51. The van der Waals surface area contributed by atoms with Gasteiger partial charge in [0.15, 0.2) is 16.6 Å². The Morgan fingerprint density at radius 3 is 2.27 bits per heavy atom. The maximum Gasteiger partial charge on any atom is 0.416 e. The second-order valence-electron chi connectivity index (χ2n) is 8.36. The maximum atomic E-state index is 13.2. The van der Waals surface area contributed by atoms with E-state index in [4.69, 9.17) is 31.2 Å². The van der Waals surface area contributed by atoms with Gasteiger partial charge in [0, 0.05) is 12.2 Å². The van der Waals surface area contributed by atoms with E-state index in [-0.39, 0.29) is 18.3 Å². The van der Waals surface area contributed by atoms with Crippen LogP contribution in [0.5, 0.6) is 23.0 Å². The minimum atomic E-state index is -4.45. The Hall–Kier alpha value is -3.66. The molecule has 10 heteroatoms. The number of nitrogens with zero attached hydrogens (tertiary/aromatic N) is 1. The van der Waals surface area contributed by atoms with Crippen molar-refractivity contribution in [1.82, 2.24) is 4.90 Å². The second-order valence-corrected chi connectivity index (χ2v) is 8.75. The van der Waals surface area contributed by atoms with Crippen molar-refractivity contribution in [3.05, 3.63) is 77.4 Å². The Morgan fingerprint density at radius 1 is 0.946 bits per heavy atom. The van der Waals surface area contributed by atoms with Crippen LogP contribution in [0.4, 0.5) is 18.9 Å². The molecule has 1 heterocycles. The molecular weight excluding hydrogens is 505 g/mol. The van der Waals surface area contributed by atoms with Crippen LogP contribution in [0.15, 0.2) is 60.7 Å². The Balaban J connectivity index is 1.63. The van der Waals surface area contributed by atoms with E-state index in [1.165, 1.54) is 6.07 Å². The van der Waals surface area contributed by atoms with E-state index in [1.54, 1.807) is 51.7 Å². The molecule has 3 aromatic rings. The first-order valence-electron chi connectivity index (χ1n) is 11.5. The molecule has 6 nitrogen and oxygen atoms in total. The summed E-state index contributed by atoms with van der Waals surface area (Å²) in [5.41, 5.74) is 1.50. The summed E-state index contributed by atoms with van der Waals surface area (Å²) in [4.78, 5) is 1.92. The predicted octanol–water partition coefficient (Wildman–Crippen LogP) is 6.11. The van der Waals surface area contributed by atoms with Gasteiger partial charge >= 0.3 is 6.18 Å². The number of rotatable bonds is 7. The summed E-state index contributed by atoms with van der Waals surface area (Å²) in [5, 5.41) is 3.27. The standard InChI is InChI=1S/C27H27F3N2O4S/c1-33-20-7-9-21(10-8-20)36-16-23-22-15-25(35-3)24(34-2)13-17(22)11-12-32(23)26(37)31-19-6-4-5-18(14-19)27(28,29)30/h4-10,13-15,23H,11-12,16H2,1-3H3,(H,31,37). The number of benzene rings is 3. The fourth-order valence-corrected chi connectivity index (χ4v) is 4.60. The summed E-state index contributed by atoms with van der Waals surface area (Å²) in [7, 11) is 4.73. The van der Waals surface area contributed by atoms with Crippen molar-refractivity contribution < 1.29 is 32.1 Å². The summed E-state index contributed by atoms with van der Waals surface area (Å²) in [6.45, 7) is 0.767. The third kappa shape index (κ3) is 6.02. The van der Waals surface area contributed by atoms with Crippen molar-refractivity contribution >= 4 is 23.0 Å². The fraction of sp³-hybridized carbons (Fsp3) is 0.296. The van der Waals surface area contributed by atoms with E-state index >= 15 is 0 Å². The highest BCUT2D eigenvalue weighted by atomic mass is 32.1. The van der Waals surface area contributed by atoms with Crippen LogP contribution in [0, 0.1) is 0 Å². The van der Waals surface area contributed by atoms with Gasteiger partial charge in [-0.05, 0) is 84.4 Å². The molecule has 0 bridgehead atoms. The second kappa shape index (κ2) is 11.2. The highest BCUT2D eigenvalue weighted by Gasteiger charge is 2.33. The lowest BCUT2D eigenvalue weighted by atomic mass is 9.92. The topological polar surface area (TPSA) is 52.2 Å². The van der Waals surface area contributed by atoms with Crippen LogP contribution in [0.2, 0.25) is 0 Å². The van der Waals surface area contributed by atoms with Gasteiger partial charge in [-0.1, -0.05) is 6.07 Å². The smallest absolute Gasteiger partial charge is 0.416 e. The van der Waals surface area contributed by atoms with Crippen molar-refractivity contribution in [1.29, 1.82) is 0 Å². The van der Waals surface area contributed by atoms with Crippen molar-refractivity contribution in [3.8, 4) is 23.0 Å². The van der Waals surface area contributed by atoms with Gasteiger partial charge in [-0.15, -0.1) is 0 Å². The first-order chi connectivity index (χ1) is 17.7. The first kappa shape index (κ1) is 26.4. The lowest BCUT2D eigenvalue weighted by Gasteiger charge is -2.39. The summed E-state index contributed by atoms with van der Waals surface area (Å²) in [6.07, 6.45) is -3.80. The zero-order chi connectivity index (χ0) is 26.6. The first-order valence-corrected chi connectivity index (χ1v) is 11.9. The Bertz CT molecular complexity index is 1250. The van der Waals surface area contributed by atoms with Gasteiger partial charge in [-0.3, -0.25) is 0 Å². The summed E-state index contributed by atoms with van der Waals surface area (Å²) in [5.74, 6) is 2.54. The Kier molecular flexibility index (Phi) is 7.97. The van der Waals surface area contributed by atoms with Gasteiger partial charge in [0.2, 0.25) is 0 Å². The number of halogens is 3. The molecule has 0 aromatic heterocycles. The third-order valence-electron chi connectivity index (χ3n) is 6.17. The van der Waals surface area contributed by atoms with Crippen molar-refractivity contribution in [3.63, 3.8) is 0 Å². The molecule has 196 valence electrons. The normalized spacial score (nSPS) is 15.0. The Morgan fingerprint density at radius 2 is 1.62 bits per heavy atom. The molecule has 0 amide bonds. The van der Waals surface area contributed by atoms with Gasteiger partial charge in [-0.25, -0.2) is 0 Å². The van der Waals surface area contributed by atoms with Gasteiger partial charge < -0.3 is 29.2 Å². The number of hydrogen-bond acceptors (Lipinski definition) is 5. The highest BCUT2D eigenvalue weighted by Crippen LogP contribution is 2.39. The average Bonchev–Trinajstić information content (AvgIpc) is 2.90. The molecule has 1 unspecified atom stereocenters. The molecule has 0 fully saturated rings. The van der Waals surface area contributed by atoms with Crippen molar-refractivity contribution in [2.75, 3.05) is 39.8 Å². The average molecular weight is 533 g/mol. The van der Waals surface area contributed by atoms with Crippen LogP contribution in [-0.4, -0.2) is 44.5 Å². The SMILES string of the molecule is COc1ccc(OCC2c3cc(OC)c(OC)cc3CCN2C(=S)Nc2cccc(C(F)(F)F)c2)cc1. The molecule has 1 atom stereocenters. The molecule has 1 aliphatic heterocycles. The molecule has 0 aliphatic carbocycles. The van der Waals surface area contributed by atoms with Crippen LogP contribution in [0.25, 0.3) is 0 Å². The lowest BCUT2D eigenvalue weighted by molar-refractivity contribution is -0.137. The molecule has 0 saturated carbocycles. The van der Waals surface area contributed by atoms with Crippen LogP contribution in [0.1, 0.15) is 22.7 Å². The molecular formula is C27H27F3N2O4S. The number of alkyl halides is 3. The van der Waals surface area contributed by atoms with E-state index in [0.29, 0.717) is 41.1 Å². The molecule has 0 saturated heterocycles.